The Bertz CT molecular complexity index is 1350. The summed E-state index contributed by atoms with van der Waals surface area (Å²) in [5, 5.41) is 20.2. The third-order valence-corrected chi connectivity index (χ3v) is 5.81. The summed E-state index contributed by atoms with van der Waals surface area (Å²) in [6.45, 7) is 5.07. The van der Waals surface area contributed by atoms with E-state index in [-0.39, 0.29) is 16.3 Å². The number of aryl methyl sites for hydroxylation is 3. The van der Waals surface area contributed by atoms with Crippen LogP contribution in [0.3, 0.4) is 0 Å². The maximum absolute atomic E-state index is 12.8. The lowest BCUT2D eigenvalue weighted by Crippen LogP contribution is -2.15. The number of benzene rings is 2. The van der Waals surface area contributed by atoms with Gasteiger partial charge >= 0.3 is 0 Å². The number of nitrogens with one attached hydrogen (secondary N) is 1. The number of hydrogen-bond donors (Lipinski definition) is 1. The van der Waals surface area contributed by atoms with E-state index in [0.717, 1.165) is 5.56 Å². The first kappa shape index (κ1) is 20.5. The van der Waals surface area contributed by atoms with Crippen molar-refractivity contribution in [2.24, 2.45) is 10.2 Å². The lowest BCUT2D eigenvalue weighted by Gasteiger charge is -2.06. The zero-order chi connectivity index (χ0) is 21.3. The molecule has 0 amide bonds. The Hall–Kier alpha value is -3.22. The number of H-pyrrole nitrogens is 1. The van der Waals surface area contributed by atoms with Gasteiger partial charge in [0.2, 0.25) is 0 Å². The minimum absolute atomic E-state index is 0.0168. The van der Waals surface area contributed by atoms with Crippen LogP contribution in [-0.2, 0) is 9.05 Å². The summed E-state index contributed by atoms with van der Waals surface area (Å²) in [5.41, 5.74) is 2.01. The topological polar surface area (TPSA) is 120 Å². The van der Waals surface area contributed by atoms with Crippen LogP contribution in [0.4, 0.5) is 11.4 Å². The van der Waals surface area contributed by atoms with Gasteiger partial charge in [0.15, 0.2) is 11.4 Å². The summed E-state index contributed by atoms with van der Waals surface area (Å²) in [7, 11) is 1.54. The van der Waals surface area contributed by atoms with E-state index >= 15 is 0 Å². The molecule has 0 saturated carbocycles. The third-order valence-electron chi connectivity index (χ3n) is 4.35. The minimum Gasteiger partial charge on any atom is -0.279 e. The van der Waals surface area contributed by atoms with Crippen molar-refractivity contribution in [3.8, 4) is 11.8 Å². The number of halogens is 1. The average molecular weight is 430 g/mol. The standard InChI is InChI=1S/C19H16ClN5O3S/c1-11-6-4-5-7-16(11)25-19(26)18(15(10-21)24-25)23-22-14-8-13(3)17(9-12(14)2)29(20,27)28/h4-9,24H,1-3H3/b23-22+. The summed E-state index contributed by atoms with van der Waals surface area (Å²) in [5.74, 6) is 0. The van der Waals surface area contributed by atoms with Crippen molar-refractivity contribution in [2.75, 3.05) is 0 Å². The maximum Gasteiger partial charge on any atom is 0.300 e. The molecule has 1 aromatic heterocycles. The Labute approximate surface area is 171 Å². The van der Waals surface area contributed by atoms with E-state index in [2.05, 4.69) is 15.3 Å². The van der Waals surface area contributed by atoms with Gasteiger partial charge in [-0.25, -0.2) is 13.1 Å². The molecule has 3 rings (SSSR count). The fraction of sp³-hybridized carbons (Fsp3) is 0.158. The van der Waals surface area contributed by atoms with E-state index in [9.17, 15) is 18.5 Å². The highest BCUT2D eigenvalue weighted by atomic mass is 35.7. The molecule has 10 heteroatoms. The fourth-order valence-corrected chi connectivity index (χ4v) is 4.09. The van der Waals surface area contributed by atoms with Crippen molar-refractivity contribution >= 4 is 31.1 Å². The molecule has 29 heavy (non-hydrogen) atoms. The second-order valence-corrected chi connectivity index (χ2v) is 8.95. The number of hydrogen-bond acceptors (Lipinski definition) is 6. The molecule has 8 nitrogen and oxygen atoms in total. The highest BCUT2D eigenvalue weighted by molar-refractivity contribution is 8.13. The molecule has 2 aromatic carbocycles. The smallest absolute Gasteiger partial charge is 0.279 e. The van der Waals surface area contributed by atoms with Gasteiger partial charge in [0.1, 0.15) is 6.07 Å². The van der Waals surface area contributed by atoms with E-state index in [1.165, 1.54) is 16.8 Å². The molecule has 0 unspecified atom stereocenters. The lowest BCUT2D eigenvalue weighted by atomic mass is 10.1. The van der Waals surface area contributed by atoms with E-state index < -0.39 is 14.6 Å². The number of rotatable bonds is 4. The maximum atomic E-state index is 12.8. The molecule has 3 aromatic rings. The molecule has 0 spiro atoms. The van der Waals surface area contributed by atoms with Crippen molar-refractivity contribution in [1.29, 1.82) is 5.26 Å². The zero-order valence-corrected chi connectivity index (χ0v) is 17.3. The van der Waals surface area contributed by atoms with E-state index in [1.54, 1.807) is 26.0 Å². The van der Waals surface area contributed by atoms with Crippen molar-refractivity contribution < 1.29 is 8.42 Å². The van der Waals surface area contributed by atoms with Crippen molar-refractivity contribution in [3.63, 3.8) is 0 Å². The SMILES string of the molecule is Cc1cc(S(=O)(=O)Cl)c(C)cc1/N=N/c1c(C#N)[nH]n(-c2ccccc2C)c1=O. The van der Waals surface area contributed by atoms with Crippen LogP contribution in [-0.4, -0.2) is 18.2 Å². The predicted octanol–water partition coefficient (Wildman–Crippen LogP) is 4.31. The van der Waals surface area contributed by atoms with Crippen LogP contribution in [0.1, 0.15) is 22.4 Å². The number of nitrogens with zero attached hydrogens (tertiary/aromatic N) is 4. The van der Waals surface area contributed by atoms with Crippen LogP contribution >= 0.6 is 10.7 Å². The van der Waals surface area contributed by atoms with Gasteiger partial charge in [-0.2, -0.15) is 5.26 Å². The average Bonchev–Trinajstić information content (AvgIpc) is 2.97. The van der Waals surface area contributed by atoms with Crippen molar-refractivity contribution in [3.05, 3.63) is 69.1 Å². The monoisotopic (exact) mass is 429 g/mol. The molecule has 0 aliphatic carbocycles. The second kappa shape index (κ2) is 7.66. The fourth-order valence-electron chi connectivity index (χ4n) is 2.83. The zero-order valence-electron chi connectivity index (χ0n) is 15.8. The largest absolute Gasteiger partial charge is 0.300 e. The molecule has 148 valence electrons. The first-order valence-electron chi connectivity index (χ1n) is 8.42. The number of aromatic amines is 1. The Balaban J connectivity index is 2.09. The quantitative estimate of drug-likeness (QED) is 0.490. The highest BCUT2D eigenvalue weighted by Crippen LogP contribution is 2.29. The normalized spacial score (nSPS) is 11.7. The third kappa shape index (κ3) is 3.99. The summed E-state index contributed by atoms with van der Waals surface area (Å²) in [6, 6.07) is 12.0. The number of para-hydroxylation sites is 1. The molecule has 0 aliphatic rings. The minimum atomic E-state index is -3.89. The summed E-state index contributed by atoms with van der Waals surface area (Å²) in [6.07, 6.45) is 0. The molecule has 0 atom stereocenters. The van der Waals surface area contributed by atoms with E-state index in [4.69, 9.17) is 10.7 Å². The first-order chi connectivity index (χ1) is 13.6. The van der Waals surface area contributed by atoms with Gasteiger partial charge in [0.05, 0.1) is 16.3 Å². The summed E-state index contributed by atoms with van der Waals surface area (Å²) in [4.78, 5) is 12.8. The molecular weight excluding hydrogens is 414 g/mol. The summed E-state index contributed by atoms with van der Waals surface area (Å²) >= 11 is 0. The Morgan fingerprint density at radius 2 is 1.76 bits per heavy atom. The van der Waals surface area contributed by atoms with Gasteiger partial charge in [-0.3, -0.25) is 9.89 Å². The molecule has 1 N–H and O–H groups in total. The Morgan fingerprint density at radius 1 is 1.07 bits per heavy atom. The number of aromatic nitrogens is 2. The lowest BCUT2D eigenvalue weighted by molar-refractivity contribution is 0.609. The van der Waals surface area contributed by atoms with Crippen molar-refractivity contribution in [1.82, 2.24) is 9.78 Å². The van der Waals surface area contributed by atoms with Crippen LogP contribution in [0, 0.1) is 32.1 Å². The number of azo groups is 1. The molecule has 1 heterocycles. The molecule has 0 fully saturated rings. The Morgan fingerprint density at radius 3 is 2.38 bits per heavy atom. The molecular formula is C19H16ClN5O3S. The van der Waals surface area contributed by atoms with Gasteiger partial charge in [-0.15, -0.1) is 10.2 Å². The Kier molecular flexibility index (Phi) is 5.42. The van der Waals surface area contributed by atoms with Gasteiger partial charge in [-0.1, -0.05) is 18.2 Å². The summed E-state index contributed by atoms with van der Waals surface area (Å²) < 4.78 is 24.5. The highest BCUT2D eigenvalue weighted by Gasteiger charge is 2.18. The molecule has 0 bridgehead atoms. The van der Waals surface area contributed by atoms with Gasteiger partial charge in [0, 0.05) is 10.7 Å². The van der Waals surface area contributed by atoms with Crippen LogP contribution in [0.2, 0.25) is 0 Å². The van der Waals surface area contributed by atoms with Gasteiger partial charge < -0.3 is 0 Å². The van der Waals surface area contributed by atoms with Gasteiger partial charge in [-0.05, 0) is 55.7 Å². The van der Waals surface area contributed by atoms with E-state index in [1.807, 2.05) is 25.1 Å². The molecule has 0 radical (unpaired) electrons. The van der Waals surface area contributed by atoms with Crippen LogP contribution in [0.15, 0.2) is 56.3 Å². The van der Waals surface area contributed by atoms with Gasteiger partial charge in [0.25, 0.3) is 14.6 Å². The first-order valence-corrected chi connectivity index (χ1v) is 10.7. The molecule has 0 aliphatic heterocycles. The van der Waals surface area contributed by atoms with Crippen molar-refractivity contribution in [2.45, 2.75) is 25.7 Å². The van der Waals surface area contributed by atoms with Crippen LogP contribution < -0.4 is 5.56 Å². The molecule has 0 saturated heterocycles. The predicted molar refractivity (Wildman–Crippen MR) is 109 cm³/mol. The number of nitriles is 1. The van der Waals surface area contributed by atoms with E-state index in [0.29, 0.717) is 22.5 Å². The van der Waals surface area contributed by atoms with Crippen LogP contribution in [0.25, 0.3) is 5.69 Å². The second-order valence-electron chi connectivity index (χ2n) is 6.42. The van der Waals surface area contributed by atoms with Crippen LogP contribution in [0.5, 0.6) is 0 Å².